The zero-order valence-corrected chi connectivity index (χ0v) is 13.2. The summed E-state index contributed by atoms with van der Waals surface area (Å²) in [5.41, 5.74) is 0.174. The molecule has 7 heteroatoms. The normalized spacial score (nSPS) is 15.9. The summed E-state index contributed by atoms with van der Waals surface area (Å²) in [6.07, 6.45) is 3.12. The molecule has 1 N–H and O–H groups in total. The molecule has 1 saturated carbocycles. The molecule has 0 aromatic heterocycles. The van der Waals surface area contributed by atoms with E-state index in [1.807, 2.05) is 0 Å². The van der Waals surface area contributed by atoms with E-state index in [4.69, 9.17) is 4.74 Å². The zero-order valence-electron chi connectivity index (χ0n) is 13.2. The molecule has 1 fully saturated rings. The minimum Gasteiger partial charge on any atom is -0.449 e. The molecular formula is C16H20N2O5. The van der Waals surface area contributed by atoms with Gasteiger partial charge in [0, 0.05) is 17.7 Å². The third-order valence-corrected chi connectivity index (χ3v) is 4.08. The summed E-state index contributed by atoms with van der Waals surface area (Å²) in [4.78, 5) is 34.6. The van der Waals surface area contributed by atoms with E-state index in [1.54, 1.807) is 0 Å². The van der Waals surface area contributed by atoms with Crippen LogP contribution in [0.1, 0.15) is 48.5 Å². The van der Waals surface area contributed by atoms with Crippen molar-refractivity contribution in [2.24, 2.45) is 0 Å². The van der Waals surface area contributed by atoms with Gasteiger partial charge in [0.25, 0.3) is 11.6 Å². The molecule has 0 unspecified atom stereocenters. The van der Waals surface area contributed by atoms with Crippen LogP contribution in [-0.4, -0.2) is 28.9 Å². The SMILES string of the molecule is Cc1c(C(=O)O[C@H](C)C(=O)NC2CCCC2)cccc1[N+](=O)[O-]. The van der Waals surface area contributed by atoms with Crippen molar-refractivity contribution in [3.05, 3.63) is 39.4 Å². The minimum atomic E-state index is -0.943. The Morgan fingerprint density at radius 3 is 2.61 bits per heavy atom. The number of hydrogen-bond acceptors (Lipinski definition) is 5. The van der Waals surface area contributed by atoms with Crippen LogP contribution < -0.4 is 5.32 Å². The van der Waals surface area contributed by atoms with Crippen molar-refractivity contribution in [2.45, 2.75) is 51.7 Å². The number of esters is 1. The van der Waals surface area contributed by atoms with Gasteiger partial charge in [-0.3, -0.25) is 14.9 Å². The Balaban J connectivity index is 2.02. The van der Waals surface area contributed by atoms with Crippen LogP contribution >= 0.6 is 0 Å². The fourth-order valence-electron chi connectivity index (χ4n) is 2.71. The summed E-state index contributed by atoms with van der Waals surface area (Å²) in [5.74, 6) is -1.08. The quantitative estimate of drug-likeness (QED) is 0.510. The van der Waals surface area contributed by atoms with Crippen molar-refractivity contribution in [1.82, 2.24) is 5.32 Å². The molecule has 0 aliphatic heterocycles. The molecule has 124 valence electrons. The van der Waals surface area contributed by atoms with Gasteiger partial charge in [-0.2, -0.15) is 0 Å². The highest BCUT2D eigenvalue weighted by Gasteiger charge is 2.25. The molecule has 1 aromatic carbocycles. The fraction of sp³-hybridized carbons (Fsp3) is 0.500. The van der Waals surface area contributed by atoms with Gasteiger partial charge in [0.15, 0.2) is 6.10 Å². The molecule has 7 nitrogen and oxygen atoms in total. The lowest BCUT2D eigenvalue weighted by Gasteiger charge is -2.17. The molecule has 0 spiro atoms. The van der Waals surface area contributed by atoms with Crippen molar-refractivity contribution < 1.29 is 19.2 Å². The second kappa shape index (κ2) is 7.21. The van der Waals surface area contributed by atoms with E-state index in [2.05, 4.69) is 5.32 Å². The lowest BCUT2D eigenvalue weighted by Crippen LogP contribution is -2.40. The molecule has 1 aliphatic carbocycles. The number of ether oxygens (including phenoxy) is 1. The molecule has 0 heterocycles. The number of hydrogen-bond donors (Lipinski definition) is 1. The van der Waals surface area contributed by atoms with Gasteiger partial charge >= 0.3 is 5.97 Å². The number of benzene rings is 1. The first kappa shape index (κ1) is 16.9. The summed E-state index contributed by atoms with van der Waals surface area (Å²) >= 11 is 0. The predicted molar refractivity (Wildman–Crippen MR) is 83.1 cm³/mol. The summed E-state index contributed by atoms with van der Waals surface area (Å²) < 4.78 is 5.15. The minimum absolute atomic E-state index is 0.0970. The summed E-state index contributed by atoms with van der Waals surface area (Å²) in [7, 11) is 0. The summed E-state index contributed by atoms with van der Waals surface area (Å²) in [5, 5.41) is 13.8. The Morgan fingerprint density at radius 1 is 1.35 bits per heavy atom. The Bertz CT molecular complexity index is 623. The molecule has 0 bridgehead atoms. The largest absolute Gasteiger partial charge is 0.449 e. The van der Waals surface area contributed by atoms with Gasteiger partial charge in [0.05, 0.1) is 10.5 Å². The van der Waals surface area contributed by atoms with Crippen LogP contribution in [-0.2, 0) is 9.53 Å². The van der Waals surface area contributed by atoms with Gasteiger partial charge in [0.2, 0.25) is 0 Å². The molecule has 1 atom stereocenters. The molecule has 0 radical (unpaired) electrons. The van der Waals surface area contributed by atoms with Gasteiger partial charge in [-0.05, 0) is 32.8 Å². The van der Waals surface area contributed by atoms with Gasteiger partial charge in [-0.15, -0.1) is 0 Å². The predicted octanol–water partition coefficient (Wildman–Crippen LogP) is 2.51. The number of amides is 1. The third-order valence-electron chi connectivity index (χ3n) is 4.08. The van der Waals surface area contributed by atoms with E-state index in [0.29, 0.717) is 0 Å². The van der Waals surface area contributed by atoms with Crippen molar-refractivity contribution in [3.63, 3.8) is 0 Å². The number of nitrogens with zero attached hydrogens (tertiary/aromatic N) is 1. The van der Waals surface area contributed by atoms with Gasteiger partial charge in [0.1, 0.15) is 0 Å². The van der Waals surface area contributed by atoms with Gasteiger partial charge in [-0.1, -0.05) is 18.9 Å². The fourth-order valence-corrected chi connectivity index (χ4v) is 2.71. The third kappa shape index (κ3) is 4.06. The Labute approximate surface area is 134 Å². The maximum atomic E-state index is 12.2. The summed E-state index contributed by atoms with van der Waals surface area (Å²) in [6, 6.07) is 4.34. The number of rotatable bonds is 5. The molecule has 1 aromatic rings. The van der Waals surface area contributed by atoms with E-state index < -0.39 is 17.0 Å². The zero-order chi connectivity index (χ0) is 17.0. The van der Waals surface area contributed by atoms with Crippen molar-refractivity contribution in [2.75, 3.05) is 0 Å². The number of nitro benzene ring substituents is 1. The first-order valence-corrected chi connectivity index (χ1v) is 7.65. The van der Waals surface area contributed by atoms with Gasteiger partial charge < -0.3 is 10.1 Å². The maximum Gasteiger partial charge on any atom is 0.339 e. The van der Waals surface area contributed by atoms with Crippen LogP contribution in [0.3, 0.4) is 0 Å². The highest BCUT2D eigenvalue weighted by Crippen LogP contribution is 2.22. The van der Waals surface area contributed by atoms with E-state index in [0.717, 1.165) is 25.7 Å². The van der Waals surface area contributed by atoms with Crippen LogP contribution in [0.25, 0.3) is 0 Å². The number of nitro groups is 1. The Morgan fingerprint density at radius 2 is 2.00 bits per heavy atom. The highest BCUT2D eigenvalue weighted by atomic mass is 16.6. The van der Waals surface area contributed by atoms with Crippen molar-refractivity contribution in [1.29, 1.82) is 0 Å². The van der Waals surface area contributed by atoms with Crippen molar-refractivity contribution in [3.8, 4) is 0 Å². The smallest absolute Gasteiger partial charge is 0.339 e. The molecule has 1 aliphatic rings. The first-order chi connectivity index (χ1) is 10.9. The second-order valence-corrected chi connectivity index (χ2v) is 5.74. The highest BCUT2D eigenvalue weighted by molar-refractivity contribution is 5.94. The van der Waals surface area contributed by atoms with Crippen LogP contribution in [0.5, 0.6) is 0 Å². The molecule has 0 saturated heterocycles. The van der Waals surface area contributed by atoms with Crippen LogP contribution in [0.2, 0.25) is 0 Å². The lowest BCUT2D eigenvalue weighted by atomic mass is 10.1. The van der Waals surface area contributed by atoms with Crippen LogP contribution in [0.15, 0.2) is 18.2 Å². The summed E-state index contributed by atoms with van der Waals surface area (Å²) in [6.45, 7) is 2.98. The molecule has 1 amide bonds. The first-order valence-electron chi connectivity index (χ1n) is 7.65. The average molecular weight is 320 g/mol. The monoisotopic (exact) mass is 320 g/mol. The standard InChI is InChI=1S/C16H20N2O5/c1-10-13(8-5-9-14(10)18(21)22)16(20)23-11(2)15(19)17-12-6-3-4-7-12/h5,8-9,11-12H,3-4,6-7H2,1-2H3,(H,17,19)/t11-/m1/s1. The van der Waals surface area contributed by atoms with E-state index in [9.17, 15) is 19.7 Å². The molecule has 2 rings (SSSR count). The van der Waals surface area contributed by atoms with E-state index in [1.165, 1.54) is 32.0 Å². The van der Waals surface area contributed by atoms with E-state index >= 15 is 0 Å². The van der Waals surface area contributed by atoms with E-state index in [-0.39, 0.29) is 28.8 Å². The topological polar surface area (TPSA) is 98.5 Å². The maximum absolute atomic E-state index is 12.2. The van der Waals surface area contributed by atoms with Gasteiger partial charge in [-0.25, -0.2) is 4.79 Å². The van der Waals surface area contributed by atoms with Crippen LogP contribution in [0, 0.1) is 17.0 Å². The number of carbonyl (C=O) groups is 2. The lowest BCUT2D eigenvalue weighted by molar-refractivity contribution is -0.385. The second-order valence-electron chi connectivity index (χ2n) is 5.74. The van der Waals surface area contributed by atoms with Crippen LogP contribution in [0.4, 0.5) is 5.69 Å². The Hall–Kier alpha value is -2.44. The Kier molecular flexibility index (Phi) is 5.31. The number of carbonyl (C=O) groups excluding carboxylic acids is 2. The average Bonchev–Trinajstić information content (AvgIpc) is 2.99. The molecular weight excluding hydrogens is 300 g/mol. The van der Waals surface area contributed by atoms with Crippen molar-refractivity contribution >= 4 is 17.6 Å². The number of nitrogens with one attached hydrogen (secondary N) is 1. The molecule has 23 heavy (non-hydrogen) atoms.